The minimum atomic E-state index is -0.314. The number of benzene rings is 1. The van der Waals surface area contributed by atoms with Crippen LogP contribution in [-0.4, -0.2) is 0 Å². The van der Waals surface area contributed by atoms with Gasteiger partial charge in [0.2, 0.25) is 0 Å². The lowest BCUT2D eigenvalue weighted by Crippen LogP contribution is -2.12. The predicted octanol–water partition coefficient (Wildman–Crippen LogP) is 3.79. The first-order chi connectivity index (χ1) is 7.86. The molecule has 0 saturated heterocycles. The molecule has 0 saturated carbocycles. The number of thiophene rings is 1. The number of hydrogen-bond donors (Lipinski definition) is 1. The Morgan fingerprint density at radius 2 is 2.00 bits per heavy atom. The molecule has 2 aromatic rings. The molecular weight excluding hydrogens is 235 g/mol. The third-order valence-corrected chi connectivity index (χ3v) is 3.77. The second-order valence-corrected chi connectivity index (χ2v) is 6.05. The smallest absolute Gasteiger partial charge is 0.141 e. The van der Waals surface area contributed by atoms with Crippen LogP contribution in [-0.2, 0) is 5.41 Å². The molecule has 0 fully saturated rings. The van der Waals surface area contributed by atoms with E-state index in [9.17, 15) is 4.39 Å². The van der Waals surface area contributed by atoms with Crippen LogP contribution >= 0.6 is 11.3 Å². The van der Waals surface area contributed by atoms with Crippen LogP contribution in [0.2, 0.25) is 0 Å². The van der Waals surface area contributed by atoms with Crippen molar-refractivity contribution in [3.05, 3.63) is 29.1 Å². The summed E-state index contributed by atoms with van der Waals surface area (Å²) in [6.45, 7) is 6.11. The van der Waals surface area contributed by atoms with E-state index >= 15 is 0 Å². The molecule has 0 atom stereocenters. The van der Waals surface area contributed by atoms with Crippen LogP contribution in [0.5, 0.6) is 0 Å². The molecule has 4 heteroatoms. The summed E-state index contributed by atoms with van der Waals surface area (Å²) in [5.74, 6) is -0.314. The van der Waals surface area contributed by atoms with E-state index < -0.39 is 0 Å². The number of hydrogen-bond acceptors (Lipinski definition) is 3. The molecule has 0 aliphatic heterocycles. The Labute approximate surface area is 103 Å². The third-order valence-electron chi connectivity index (χ3n) is 2.74. The maximum atomic E-state index is 13.7. The van der Waals surface area contributed by atoms with Gasteiger partial charge in [0.25, 0.3) is 0 Å². The predicted molar refractivity (Wildman–Crippen MR) is 69.6 cm³/mol. The molecule has 1 aromatic heterocycles. The molecule has 0 aliphatic rings. The highest BCUT2D eigenvalue weighted by Crippen LogP contribution is 2.40. The number of nitrogens with zero attached hydrogens (tertiary/aromatic N) is 1. The van der Waals surface area contributed by atoms with Gasteiger partial charge < -0.3 is 5.73 Å². The summed E-state index contributed by atoms with van der Waals surface area (Å²) in [4.78, 5) is 0. The van der Waals surface area contributed by atoms with E-state index in [1.54, 1.807) is 6.07 Å². The molecule has 0 amide bonds. The fraction of sp³-hybridized carbons (Fsp3) is 0.308. The lowest BCUT2D eigenvalue weighted by Gasteiger charge is -2.20. The maximum Gasteiger partial charge on any atom is 0.141 e. The molecule has 0 aliphatic carbocycles. The SMILES string of the molecule is CC(C)(C)c1ccc(F)c2sc(N)c(C#N)c12. The molecule has 0 unspecified atom stereocenters. The number of fused-ring (bicyclic) bond motifs is 1. The Balaban J connectivity index is 2.98. The summed E-state index contributed by atoms with van der Waals surface area (Å²) >= 11 is 1.14. The quantitative estimate of drug-likeness (QED) is 0.771. The van der Waals surface area contributed by atoms with Gasteiger partial charge in [0.1, 0.15) is 16.9 Å². The van der Waals surface area contributed by atoms with Crippen molar-refractivity contribution in [3.8, 4) is 6.07 Å². The standard InChI is InChI=1S/C13H13FN2S/c1-13(2,3)8-4-5-9(14)11-10(8)7(6-15)12(16)17-11/h4-5H,16H2,1-3H3. The van der Waals surface area contributed by atoms with Crippen molar-refractivity contribution < 1.29 is 4.39 Å². The second kappa shape index (κ2) is 3.71. The number of rotatable bonds is 0. The Morgan fingerprint density at radius 3 is 2.53 bits per heavy atom. The van der Waals surface area contributed by atoms with Gasteiger partial charge in [-0.3, -0.25) is 0 Å². The Hall–Kier alpha value is -1.60. The number of halogens is 1. The van der Waals surface area contributed by atoms with Gasteiger partial charge in [-0.15, -0.1) is 11.3 Å². The van der Waals surface area contributed by atoms with Crippen LogP contribution in [0, 0.1) is 17.1 Å². The fourth-order valence-electron chi connectivity index (χ4n) is 1.93. The second-order valence-electron chi connectivity index (χ2n) is 5.00. The van der Waals surface area contributed by atoms with Crippen molar-refractivity contribution in [1.29, 1.82) is 5.26 Å². The van der Waals surface area contributed by atoms with Gasteiger partial charge in [0, 0.05) is 5.39 Å². The maximum absolute atomic E-state index is 13.7. The molecule has 17 heavy (non-hydrogen) atoms. The average molecular weight is 248 g/mol. The van der Waals surface area contributed by atoms with Crippen molar-refractivity contribution in [3.63, 3.8) is 0 Å². The highest BCUT2D eigenvalue weighted by atomic mass is 32.1. The van der Waals surface area contributed by atoms with Crippen molar-refractivity contribution in [2.75, 3.05) is 5.73 Å². The molecule has 0 spiro atoms. The van der Waals surface area contributed by atoms with Gasteiger partial charge in [-0.05, 0) is 17.0 Å². The van der Waals surface area contributed by atoms with Crippen molar-refractivity contribution in [2.45, 2.75) is 26.2 Å². The molecule has 2 N–H and O–H groups in total. The lowest BCUT2D eigenvalue weighted by molar-refractivity contribution is 0.592. The van der Waals surface area contributed by atoms with E-state index in [1.165, 1.54) is 6.07 Å². The van der Waals surface area contributed by atoms with E-state index in [2.05, 4.69) is 6.07 Å². The summed E-state index contributed by atoms with van der Waals surface area (Å²) in [5, 5.41) is 10.2. The number of nitrogen functional groups attached to an aromatic ring is 1. The third kappa shape index (κ3) is 1.77. The monoisotopic (exact) mass is 248 g/mol. The molecular formula is C13H13FN2S. The first-order valence-corrected chi connectivity index (χ1v) is 6.09. The van der Waals surface area contributed by atoms with Crippen LogP contribution < -0.4 is 5.73 Å². The van der Waals surface area contributed by atoms with Crippen molar-refractivity contribution in [2.24, 2.45) is 0 Å². The van der Waals surface area contributed by atoms with E-state index in [-0.39, 0.29) is 11.2 Å². The highest BCUT2D eigenvalue weighted by Gasteiger charge is 2.23. The Kier molecular flexibility index (Phi) is 2.59. The molecule has 1 aromatic carbocycles. The van der Waals surface area contributed by atoms with Gasteiger partial charge >= 0.3 is 0 Å². The Bertz CT molecular complexity index is 629. The normalized spacial score (nSPS) is 11.7. The lowest BCUT2D eigenvalue weighted by atomic mass is 9.84. The number of nitrogens with two attached hydrogens (primary N) is 1. The summed E-state index contributed by atoms with van der Waals surface area (Å²) in [7, 11) is 0. The van der Waals surface area contributed by atoms with E-state index in [0.717, 1.165) is 16.9 Å². The first kappa shape index (κ1) is 11.9. The highest BCUT2D eigenvalue weighted by molar-refractivity contribution is 7.23. The van der Waals surface area contributed by atoms with Gasteiger partial charge in [0.05, 0.1) is 10.3 Å². The Morgan fingerprint density at radius 1 is 1.35 bits per heavy atom. The van der Waals surface area contributed by atoms with E-state index in [4.69, 9.17) is 11.0 Å². The molecule has 0 bridgehead atoms. The van der Waals surface area contributed by atoms with Gasteiger partial charge in [-0.2, -0.15) is 5.26 Å². The van der Waals surface area contributed by atoms with Crippen molar-refractivity contribution >= 4 is 26.4 Å². The minimum Gasteiger partial charge on any atom is -0.389 e. The minimum absolute atomic E-state index is 0.148. The van der Waals surface area contributed by atoms with Gasteiger partial charge in [-0.25, -0.2) is 4.39 Å². The van der Waals surface area contributed by atoms with Crippen molar-refractivity contribution in [1.82, 2.24) is 0 Å². The fourth-order valence-corrected chi connectivity index (χ4v) is 2.87. The van der Waals surface area contributed by atoms with Crippen LogP contribution in [0.15, 0.2) is 12.1 Å². The summed E-state index contributed by atoms with van der Waals surface area (Å²) in [5.41, 5.74) is 6.98. The zero-order valence-electron chi connectivity index (χ0n) is 9.97. The zero-order valence-corrected chi connectivity index (χ0v) is 10.8. The number of anilines is 1. The molecule has 88 valence electrons. The van der Waals surface area contributed by atoms with Crippen LogP contribution in [0.25, 0.3) is 10.1 Å². The summed E-state index contributed by atoms with van der Waals surface area (Å²) < 4.78 is 14.2. The van der Waals surface area contributed by atoms with Crippen LogP contribution in [0.1, 0.15) is 31.9 Å². The molecule has 1 heterocycles. The summed E-state index contributed by atoms with van der Waals surface area (Å²) in [6, 6.07) is 5.26. The van der Waals surface area contributed by atoms with E-state index in [0.29, 0.717) is 20.7 Å². The van der Waals surface area contributed by atoms with E-state index in [1.807, 2.05) is 20.8 Å². The van der Waals surface area contributed by atoms with Crippen LogP contribution in [0.3, 0.4) is 0 Å². The number of nitriles is 1. The molecule has 2 nitrogen and oxygen atoms in total. The molecule has 2 rings (SSSR count). The zero-order chi connectivity index (χ0) is 12.8. The summed E-state index contributed by atoms with van der Waals surface area (Å²) in [6.07, 6.45) is 0. The van der Waals surface area contributed by atoms with Crippen LogP contribution in [0.4, 0.5) is 9.39 Å². The topological polar surface area (TPSA) is 49.8 Å². The largest absolute Gasteiger partial charge is 0.389 e. The average Bonchev–Trinajstić information content (AvgIpc) is 2.54. The van der Waals surface area contributed by atoms with Gasteiger partial charge in [0.15, 0.2) is 0 Å². The molecule has 0 radical (unpaired) electrons. The first-order valence-electron chi connectivity index (χ1n) is 5.27. The van der Waals surface area contributed by atoms with Gasteiger partial charge in [-0.1, -0.05) is 26.8 Å².